The first-order chi connectivity index (χ1) is 7.56. The SMILES string of the molecule is Cc1cc(C(=O)O)nc(NC(CO)CO)n1. The van der Waals surface area contributed by atoms with E-state index in [4.69, 9.17) is 15.3 Å². The Labute approximate surface area is 91.8 Å². The van der Waals surface area contributed by atoms with E-state index in [0.29, 0.717) is 5.69 Å². The van der Waals surface area contributed by atoms with E-state index in [0.717, 1.165) is 0 Å². The molecule has 0 saturated carbocycles. The number of hydrogen-bond donors (Lipinski definition) is 4. The van der Waals surface area contributed by atoms with Crippen LogP contribution in [0.4, 0.5) is 5.95 Å². The lowest BCUT2D eigenvalue weighted by molar-refractivity contribution is 0.0690. The maximum Gasteiger partial charge on any atom is 0.354 e. The summed E-state index contributed by atoms with van der Waals surface area (Å²) in [6.45, 7) is 1.04. The topological polar surface area (TPSA) is 116 Å². The number of carboxylic acid groups (broad SMARTS) is 1. The number of hydrogen-bond acceptors (Lipinski definition) is 6. The molecule has 0 saturated heterocycles. The van der Waals surface area contributed by atoms with Gasteiger partial charge in [0.2, 0.25) is 5.95 Å². The number of aryl methyl sites for hydroxylation is 1. The van der Waals surface area contributed by atoms with E-state index in [9.17, 15) is 4.79 Å². The van der Waals surface area contributed by atoms with Gasteiger partial charge >= 0.3 is 5.97 Å². The highest BCUT2D eigenvalue weighted by Gasteiger charge is 2.11. The molecular weight excluding hydrogens is 214 g/mol. The van der Waals surface area contributed by atoms with Gasteiger partial charge in [0.1, 0.15) is 0 Å². The van der Waals surface area contributed by atoms with Gasteiger partial charge in [-0.05, 0) is 13.0 Å². The summed E-state index contributed by atoms with van der Waals surface area (Å²) < 4.78 is 0. The fourth-order valence-corrected chi connectivity index (χ4v) is 1.07. The largest absolute Gasteiger partial charge is 0.477 e. The Morgan fingerprint density at radius 1 is 1.44 bits per heavy atom. The van der Waals surface area contributed by atoms with Crippen molar-refractivity contribution >= 4 is 11.9 Å². The summed E-state index contributed by atoms with van der Waals surface area (Å²) in [4.78, 5) is 18.4. The van der Waals surface area contributed by atoms with Crippen molar-refractivity contribution in [2.75, 3.05) is 18.5 Å². The average Bonchev–Trinajstić information content (AvgIpc) is 2.25. The molecular formula is C9H13N3O4. The van der Waals surface area contributed by atoms with Crippen molar-refractivity contribution in [2.45, 2.75) is 13.0 Å². The second-order valence-electron chi connectivity index (χ2n) is 3.23. The van der Waals surface area contributed by atoms with Crippen LogP contribution in [-0.2, 0) is 0 Å². The molecule has 4 N–H and O–H groups in total. The number of nitrogens with one attached hydrogen (secondary N) is 1. The molecule has 0 aliphatic heterocycles. The van der Waals surface area contributed by atoms with Gasteiger partial charge in [-0.2, -0.15) is 0 Å². The van der Waals surface area contributed by atoms with Gasteiger partial charge in [0.25, 0.3) is 0 Å². The van der Waals surface area contributed by atoms with Gasteiger partial charge < -0.3 is 20.6 Å². The van der Waals surface area contributed by atoms with Crippen molar-refractivity contribution in [3.63, 3.8) is 0 Å². The first kappa shape index (κ1) is 12.3. The number of nitrogens with zero attached hydrogens (tertiary/aromatic N) is 2. The Morgan fingerprint density at radius 3 is 2.56 bits per heavy atom. The van der Waals surface area contributed by atoms with Crippen LogP contribution in [0.25, 0.3) is 0 Å². The molecule has 0 fully saturated rings. The Kier molecular flexibility index (Phi) is 4.15. The highest BCUT2D eigenvalue weighted by atomic mass is 16.4. The minimum Gasteiger partial charge on any atom is -0.477 e. The quantitative estimate of drug-likeness (QED) is 0.523. The van der Waals surface area contributed by atoms with Gasteiger partial charge in [0.05, 0.1) is 19.3 Å². The molecule has 0 unspecified atom stereocenters. The number of aromatic nitrogens is 2. The number of anilines is 1. The van der Waals surface area contributed by atoms with Crippen molar-refractivity contribution < 1.29 is 20.1 Å². The predicted molar refractivity (Wildman–Crippen MR) is 55.3 cm³/mol. The molecule has 0 aliphatic carbocycles. The van der Waals surface area contributed by atoms with E-state index in [1.54, 1.807) is 6.92 Å². The van der Waals surface area contributed by atoms with Crippen molar-refractivity contribution in [3.8, 4) is 0 Å². The molecule has 0 spiro atoms. The zero-order valence-corrected chi connectivity index (χ0v) is 8.71. The third kappa shape index (κ3) is 3.14. The Morgan fingerprint density at radius 2 is 2.06 bits per heavy atom. The highest BCUT2D eigenvalue weighted by molar-refractivity contribution is 5.85. The van der Waals surface area contributed by atoms with Crippen molar-refractivity contribution in [1.29, 1.82) is 0 Å². The maximum atomic E-state index is 10.7. The lowest BCUT2D eigenvalue weighted by Crippen LogP contribution is -2.29. The number of carboxylic acids is 1. The Balaban J connectivity index is 2.91. The third-order valence-electron chi connectivity index (χ3n) is 1.85. The van der Waals surface area contributed by atoms with Crippen LogP contribution in [0.5, 0.6) is 0 Å². The number of aliphatic hydroxyl groups excluding tert-OH is 2. The average molecular weight is 227 g/mol. The van der Waals surface area contributed by atoms with Crippen molar-refractivity contribution in [1.82, 2.24) is 9.97 Å². The molecule has 0 bridgehead atoms. The fourth-order valence-electron chi connectivity index (χ4n) is 1.07. The molecule has 7 nitrogen and oxygen atoms in total. The maximum absolute atomic E-state index is 10.7. The lowest BCUT2D eigenvalue weighted by Gasteiger charge is -2.13. The first-order valence-electron chi connectivity index (χ1n) is 4.64. The number of aromatic carboxylic acids is 1. The minimum absolute atomic E-state index is 0.0745. The van der Waals surface area contributed by atoms with Gasteiger partial charge in [-0.1, -0.05) is 0 Å². The molecule has 0 aliphatic rings. The number of carbonyl (C=O) groups is 1. The molecule has 0 radical (unpaired) electrons. The van der Waals surface area contributed by atoms with Gasteiger partial charge in [0, 0.05) is 5.69 Å². The smallest absolute Gasteiger partial charge is 0.354 e. The Bertz CT molecular complexity index is 379. The first-order valence-corrected chi connectivity index (χ1v) is 4.64. The van der Waals surface area contributed by atoms with Gasteiger partial charge in [-0.25, -0.2) is 14.8 Å². The lowest BCUT2D eigenvalue weighted by atomic mass is 10.3. The monoisotopic (exact) mass is 227 g/mol. The summed E-state index contributed by atoms with van der Waals surface area (Å²) in [6.07, 6.45) is 0. The minimum atomic E-state index is -1.15. The van der Waals surface area contributed by atoms with Crippen molar-refractivity contribution in [2.24, 2.45) is 0 Å². The van der Waals surface area contributed by atoms with Crippen LogP contribution in [0.15, 0.2) is 6.07 Å². The summed E-state index contributed by atoms with van der Waals surface area (Å²) in [5.41, 5.74) is 0.356. The second-order valence-corrected chi connectivity index (χ2v) is 3.23. The van der Waals surface area contributed by atoms with Crippen LogP contribution in [0.2, 0.25) is 0 Å². The van der Waals surface area contributed by atoms with E-state index in [2.05, 4.69) is 15.3 Å². The molecule has 1 aromatic heterocycles. The number of rotatable bonds is 5. The molecule has 1 aromatic rings. The summed E-state index contributed by atoms with van der Waals surface area (Å²) in [7, 11) is 0. The van der Waals surface area contributed by atoms with Crippen LogP contribution in [-0.4, -0.2) is 50.5 Å². The molecule has 1 rings (SSSR count). The number of aliphatic hydroxyl groups is 2. The van der Waals surface area contributed by atoms with Crippen LogP contribution >= 0.6 is 0 Å². The standard InChI is InChI=1S/C9H13N3O4/c1-5-2-7(8(15)16)12-9(10-5)11-6(3-13)4-14/h2,6,13-14H,3-4H2,1H3,(H,15,16)(H,10,11,12). The summed E-state index contributed by atoms with van der Waals surface area (Å²) in [5.74, 6) is -1.08. The van der Waals surface area contributed by atoms with Crippen LogP contribution < -0.4 is 5.32 Å². The van der Waals surface area contributed by atoms with E-state index in [1.165, 1.54) is 6.07 Å². The molecule has 88 valence electrons. The molecule has 0 atom stereocenters. The van der Waals surface area contributed by atoms with E-state index < -0.39 is 12.0 Å². The molecule has 1 heterocycles. The predicted octanol–water partition coefficient (Wildman–Crippen LogP) is -0.752. The van der Waals surface area contributed by atoms with Gasteiger partial charge in [-0.15, -0.1) is 0 Å². The van der Waals surface area contributed by atoms with Gasteiger partial charge in [-0.3, -0.25) is 0 Å². The van der Waals surface area contributed by atoms with Crippen LogP contribution in [0.3, 0.4) is 0 Å². The fraction of sp³-hybridized carbons (Fsp3) is 0.444. The van der Waals surface area contributed by atoms with E-state index >= 15 is 0 Å². The summed E-state index contributed by atoms with van der Waals surface area (Å²) >= 11 is 0. The summed E-state index contributed by atoms with van der Waals surface area (Å²) in [5, 5.41) is 29.1. The highest BCUT2D eigenvalue weighted by Crippen LogP contribution is 2.06. The molecule has 16 heavy (non-hydrogen) atoms. The molecule has 7 heteroatoms. The summed E-state index contributed by atoms with van der Waals surface area (Å²) in [6, 6.07) is 0.726. The van der Waals surface area contributed by atoms with E-state index in [1.807, 2.05) is 0 Å². The third-order valence-corrected chi connectivity index (χ3v) is 1.85. The molecule has 0 aromatic carbocycles. The van der Waals surface area contributed by atoms with Crippen molar-refractivity contribution in [3.05, 3.63) is 17.5 Å². The van der Waals surface area contributed by atoms with E-state index in [-0.39, 0.29) is 24.9 Å². The zero-order valence-electron chi connectivity index (χ0n) is 8.71. The van der Waals surface area contributed by atoms with Gasteiger partial charge in [0.15, 0.2) is 5.69 Å². The van der Waals surface area contributed by atoms with Crippen LogP contribution in [0, 0.1) is 6.92 Å². The second kappa shape index (κ2) is 5.38. The normalized spacial score (nSPS) is 10.5. The Hall–Kier alpha value is -1.73. The molecule has 0 amide bonds. The zero-order chi connectivity index (χ0) is 12.1. The van der Waals surface area contributed by atoms with Crippen LogP contribution in [0.1, 0.15) is 16.2 Å².